The summed E-state index contributed by atoms with van der Waals surface area (Å²) in [6.07, 6.45) is 2.16. The van der Waals surface area contributed by atoms with Gasteiger partial charge in [0.15, 0.2) is 0 Å². The van der Waals surface area contributed by atoms with Crippen molar-refractivity contribution in [2.24, 2.45) is 0 Å². The van der Waals surface area contributed by atoms with Gasteiger partial charge in [-0.2, -0.15) is 4.31 Å². The molecule has 0 saturated carbocycles. The summed E-state index contributed by atoms with van der Waals surface area (Å²) < 4.78 is 27.3. The van der Waals surface area contributed by atoms with Crippen molar-refractivity contribution >= 4 is 44.3 Å². The maximum absolute atomic E-state index is 12.9. The molecule has 3 heterocycles. The van der Waals surface area contributed by atoms with Crippen LogP contribution in [-0.4, -0.2) is 29.2 Å². The van der Waals surface area contributed by atoms with Crippen molar-refractivity contribution in [3.05, 3.63) is 57.8 Å². The molecule has 0 unspecified atom stereocenters. The molecule has 8 heteroatoms. The summed E-state index contributed by atoms with van der Waals surface area (Å²) >= 11 is 12.1. The quantitative estimate of drug-likeness (QED) is 0.736. The van der Waals surface area contributed by atoms with Gasteiger partial charge in [-0.15, -0.1) is 0 Å². The number of hydrogen-bond donors (Lipinski definition) is 1. The second-order valence-corrected chi connectivity index (χ2v) is 8.40. The van der Waals surface area contributed by atoms with Gasteiger partial charge in [-0.25, -0.2) is 13.4 Å². The van der Waals surface area contributed by atoms with Gasteiger partial charge >= 0.3 is 0 Å². The van der Waals surface area contributed by atoms with E-state index in [9.17, 15) is 8.42 Å². The van der Waals surface area contributed by atoms with Crippen molar-refractivity contribution in [2.45, 2.75) is 17.9 Å². The van der Waals surface area contributed by atoms with Gasteiger partial charge in [-0.05, 0) is 23.8 Å². The number of sulfonamides is 1. The maximum Gasteiger partial charge on any atom is 0.244 e. The molecule has 1 aliphatic heterocycles. The van der Waals surface area contributed by atoms with Crippen LogP contribution in [0.15, 0.2) is 41.4 Å². The lowest BCUT2D eigenvalue weighted by atomic mass is 10.1. The molecular formula is C16H13Cl2N3O2S. The predicted octanol–water partition coefficient (Wildman–Crippen LogP) is 3.62. The topological polar surface area (TPSA) is 66.1 Å². The van der Waals surface area contributed by atoms with Crippen LogP contribution in [0.1, 0.15) is 11.3 Å². The molecule has 0 aliphatic carbocycles. The summed E-state index contributed by atoms with van der Waals surface area (Å²) in [6, 6.07) is 8.30. The second kappa shape index (κ2) is 5.74. The number of rotatable bonds is 2. The third kappa shape index (κ3) is 2.50. The van der Waals surface area contributed by atoms with Gasteiger partial charge < -0.3 is 4.98 Å². The number of pyridine rings is 1. The van der Waals surface area contributed by atoms with Crippen molar-refractivity contribution in [1.29, 1.82) is 0 Å². The standard InChI is InChI=1S/C16H13Cl2N3O2S/c17-10-7-11-12-9-21(6-5-14(12)20-16(11)19-8-10)24(22,23)15-4-2-1-3-13(15)18/h1-4,7-8H,5-6,9H2,(H,19,20). The lowest BCUT2D eigenvalue weighted by Crippen LogP contribution is -2.35. The van der Waals surface area contributed by atoms with E-state index in [4.69, 9.17) is 23.2 Å². The normalized spacial score (nSPS) is 15.6. The summed E-state index contributed by atoms with van der Waals surface area (Å²) in [6.45, 7) is 0.659. The van der Waals surface area contributed by atoms with Crippen LogP contribution >= 0.6 is 23.2 Å². The molecule has 2 aromatic heterocycles. The van der Waals surface area contributed by atoms with Crippen LogP contribution in [0.4, 0.5) is 0 Å². The van der Waals surface area contributed by atoms with E-state index in [2.05, 4.69) is 9.97 Å². The molecule has 124 valence electrons. The molecule has 0 atom stereocenters. The summed E-state index contributed by atoms with van der Waals surface area (Å²) in [7, 11) is -3.66. The van der Waals surface area contributed by atoms with E-state index in [1.807, 2.05) is 6.07 Å². The second-order valence-electron chi connectivity index (χ2n) is 5.65. The molecule has 0 bridgehead atoms. The van der Waals surface area contributed by atoms with Gasteiger partial charge in [0.05, 0.1) is 10.0 Å². The Morgan fingerprint density at radius 2 is 2.00 bits per heavy atom. The van der Waals surface area contributed by atoms with Gasteiger partial charge in [0, 0.05) is 36.8 Å². The predicted molar refractivity (Wildman–Crippen MR) is 93.9 cm³/mol. The number of hydrogen-bond acceptors (Lipinski definition) is 3. The molecule has 0 amide bonds. The van der Waals surface area contributed by atoms with E-state index >= 15 is 0 Å². The summed E-state index contributed by atoms with van der Waals surface area (Å²) in [5.74, 6) is 0. The van der Waals surface area contributed by atoms with E-state index in [1.54, 1.807) is 24.4 Å². The fraction of sp³-hybridized carbons (Fsp3) is 0.188. The van der Waals surface area contributed by atoms with Crippen molar-refractivity contribution < 1.29 is 8.42 Å². The molecule has 0 fully saturated rings. The van der Waals surface area contributed by atoms with Crippen molar-refractivity contribution in [2.75, 3.05) is 6.54 Å². The zero-order valence-electron chi connectivity index (χ0n) is 12.5. The average molecular weight is 382 g/mol. The van der Waals surface area contributed by atoms with Gasteiger partial charge in [0.1, 0.15) is 10.5 Å². The molecule has 24 heavy (non-hydrogen) atoms. The van der Waals surface area contributed by atoms with E-state index in [-0.39, 0.29) is 16.5 Å². The van der Waals surface area contributed by atoms with Gasteiger partial charge in [-0.3, -0.25) is 0 Å². The van der Waals surface area contributed by atoms with Crippen LogP contribution in [0.3, 0.4) is 0 Å². The number of nitrogens with one attached hydrogen (secondary N) is 1. The van der Waals surface area contributed by atoms with Gasteiger partial charge in [0.2, 0.25) is 10.0 Å². The Balaban J connectivity index is 1.78. The maximum atomic E-state index is 12.9. The Hall–Kier alpha value is -1.60. The highest BCUT2D eigenvalue weighted by atomic mass is 35.5. The van der Waals surface area contributed by atoms with E-state index in [0.717, 1.165) is 22.3 Å². The fourth-order valence-electron chi connectivity index (χ4n) is 3.03. The molecule has 1 aromatic carbocycles. The van der Waals surface area contributed by atoms with Crippen molar-refractivity contribution in [1.82, 2.24) is 14.3 Å². The number of aromatic nitrogens is 2. The minimum atomic E-state index is -3.66. The summed E-state index contributed by atoms with van der Waals surface area (Å²) in [5.41, 5.74) is 2.65. The monoisotopic (exact) mass is 381 g/mol. The first kappa shape index (κ1) is 15.9. The zero-order chi connectivity index (χ0) is 16.9. The number of fused-ring (bicyclic) bond motifs is 3. The Morgan fingerprint density at radius 1 is 1.21 bits per heavy atom. The third-order valence-electron chi connectivity index (χ3n) is 4.21. The number of H-pyrrole nitrogens is 1. The van der Waals surface area contributed by atoms with Gasteiger partial charge in [-0.1, -0.05) is 35.3 Å². The average Bonchev–Trinajstić information content (AvgIpc) is 2.92. The first-order valence-electron chi connectivity index (χ1n) is 7.36. The number of halogens is 2. The minimum Gasteiger partial charge on any atom is -0.343 e. The van der Waals surface area contributed by atoms with Gasteiger partial charge in [0.25, 0.3) is 0 Å². The van der Waals surface area contributed by atoms with Crippen LogP contribution in [0.5, 0.6) is 0 Å². The van der Waals surface area contributed by atoms with Crippen molar-refractivity contribution in [3.63, 3.8) is 0 Å². The molecule has 4 rings (SSSR count). The summed E-state index contributed by atoms with van der Waals surface area (Å²) in [5, 5.41) is 1.61. The number of nitrogens with zero attached hydrogens (tertiary/aromatic N) is 2. The number of benzene rings is 1. The fourth-order valence-corrected chi connectivity index (χ4v) is 5.09. The zero-order valence-corrected chi connectivity index (χ0v) is 14.8. The van der Waals surface area contributed by atoms with Crippen molar-refractivity contribution in [3.8, 4) is 0 Å². The molecular weight excluding hydrogens is 369 g/mol. The molecule has 0 radical (unpaired) electrons. The third-order valence-corrected chi connectivity index (χ3v) is 6.76. The highest BCUT2D eigenvalue weighted by molar-refractivity contribution is 7.89. The minimum absolute atomic E-state index is 0.131. The Labute approximate surface area is 149 Å². The molecule has 5 nitrogen and oxygen atoms in total. The lowest BCUT2D eigenvalue weighted by molar-refractivity contribution is 0.391. The molecule has 0 saturated heterocycles. The SMILES string of the molecule is O=S(=O)(c1ccccc1Cl)N1CCc2[nH]c3ncc(Cl)cc3c2C1. The van der Waals surface area contributed by atoms with Crippen LogP contribution < -0.4 is 0 Å². The number of aromatic amines is 1. The van der Waals surface area contributed by atoms with Crippen LogP contribution in [-0.2, 0) is 23.0 Å². The molecule has 1 aliphatic rings. The van der Waals surface area contributed by atoms with E-state index < -0.39 is 10.0 Å². The van der Waals surface area contributed by atoms with E-state index in [1.165, 1.54) is 10.4 Å². The Morgan fingerprint density at radius 3 is 2.79 bits per heavy atom. The smallest absolute Gasteiger partial charge is 0.244 e. The van der Waals surface area contributed by atoms with Crippen LogP contribution in [0, 0.1) is 0 Å². The molecule has 3 aromatic rings. The largest absolute Gasteiger partial charge is 0.343 e. The van der Waals surface area contributed by atoms with Crippen LogP contribution in [0.2, 0.25) is 10.0 Å². The first-order valence-corrected chi connectivity index (χ1v) is 9.56. The van der Waals surface area contributed by atoms with E-state index in [0.29, 0.717) is 18.0 Å². The Bertz CT molecular complexity index is 1050. The Kier molecular flexibility index (Phi) is 3.80. The van der Waals surface area contributed by atoms with Crippen LogP contribution in [0.25, 0.3) is 11.0 Å². The highest BCUT2D eigenvalue weighted by Gasteiger charge is 2.31. The molecule has 1 N–H and O–H groups in total. The lowest BCUT2D eigenvalue weighted by Gasteiger charge is -2.26. The first-order chi connectivity index (χ1) is 11.5. The highest BCUT2D eigenvalue weighted by Crippen LogP contribution is 2.32. The molecule has 0 spiro atoms. The summed E-state index contributed by atoms with van der Waals surface area (Å²) in [4.78, 5) is 7.65.